The molecule has 1 aliphatic rings. The molecule has 2 unspecified atom stereocenters. The van der Waals surface area contributed by atoms with Crippen molar-refractivity contribution >= 4 is 17.9 Å². The molecule has 8 heteroatoms. The van der Waals surface area contributed by atoms with Crippen LogP contribution in [0, 0.1) is 5.41 Å². The van der Waals surface area contributed by atoms with Gasteiger partial charge in [-0.3, -0.25) is 14.5 Å². The largest absolute Gasteiger partial charge is 0.444 e. The first-order chi connectivity index (χ1) is 12.5. The SMILES string of the molecule is CC1CC(N)CN1C(=O)[C@@H](NC(=O)[C@H](C)N(C)C(=O)OC(C)(C)C)C(C)(C)C. The normalized spacial score (nSPS) is 22.4. The van der Waals surface area contributed by atoms with E-state index in [0.717, 1.165) is 6.42 Å². The van der Waals surface area contributed by atoms with E-state index in [0.29, 0.717) is 6.54 Å². The number of rotatable bonds is 4. The van der Waals surface area contributed by atoms with Crippen LogP contribution in [0.15, 0.2) is 0 Å². The topological polar surface area (TPSA) is 105 Å². The molecule has 0 aromatic rings. The third-order valence-electron chi connectivity index (χ3n) is 4.93. The lowest BCUT2D eigenvalue weighted by Crippen LogP contribution is -2.59. The average molecular weight is 399 g/mol. The van der Waals surface area contributed by atoms with Gasteiger partial charge in [-0.05, 0) is 46.5 Å². The van der Waals surface area contributed by atoms with E-state index >= 15 is 0 Å². The fourth-order valence-electron chi connectivity index (χ4n) is 3.12. The number of likely N-dealkylation sites (tertiary alicyclic amines) is 1. The van der Waals surface area contributed by atoms with Crippen molar-refractivity contribution in [3.63, 3.8) is 0 Å². The van der Waals surface area contributed by atoms with E-state index < -0.39 is 35.1 Å². The second-order valence-corrected chi connectivity index (χ2v) is 9.91. The number of hydrogen-bond acceptors (Lipinski definition) is 5. The van der Waals surface area contributed by atoms with Crippen LogP contribution in [0.25, 0.3) is 0 Å². The van der Waals surface area contributed by atoms with E-state index in [9.17, 15) is 14.4 Å². The number of carbonyl (C=O) groups excluding carboxylic acids is 3. The summed E-state index contributed by atoms with van der Waals surface area (Å²) in [6.07, 6.45) is 0.154. The van der Waals surface area contributed by atoms with Crippen LogP contribution < -0.4 is 11.1 Å². The number of carbonyl (C=O) groups is 3. The number of likely N-dealkylation sites (N-methyl/N-ethyl adjacent to an activating group) is 1. The molecule has 0 saturated carbocycles. The van der Waals surface area contributed by atoms with Gasteiger partial charge < -0.3 is 20.7 Å². The molecule has 0 radical (unpaired) electrons. The Morgan fingerprint density at radius 2 is 1.71 bits per heavy atom. The Kier molecular flexibility index (Phi) is 7.50. The highest BCUT2D eigenvalue weighted by molar-refractivity contribution is 5.91. The van der Waals surface area contributed by atoms with Gasteiger partial charge in [0.1, 0.15) is 17.7 Å². The smallest absolute Gasteiger partial charge is 0.410 e. The van der Waals surface area contributed by atoms with Gasteiger partial charge in [0, 0.05) is 25.7 Å². The van der Waals surface area contributed by atoms with Crippen LogP contribution in [-0.4, -0.2) is 71.1 Å². The number of amides is 3. The fraction of sp³-hybridized carbons (Fsp3) is 0.850. The summed E-state index contributed by atoms with van der Waals surface area (Å²) in [6.45, 7) is 15.0. The number of nitrogens with zero attached hydrogens (tertiary/aromatic N) is 2. The second-order valence-electron chi connectivity index (χ2n) is 9.91. The van der Waals surface area contributed by atoms with Crippen molar-refractivity contribution in [2.45, 2.75) is 91.6 Å². The minimum atomic E-state index is -0.786. The number of ether oxygens (including phenoxy) is 1. The van der Waals surface area contributed by atoms with Gasteiger partial charge in [-0.15, -0.1) is 0 Å². The van der Waals surface area contributed by atoms with Crippen molar-refractivity contribution < 1.29 is 19.1 Å². The van der Waals surface area contributed by atoms with Gasteiger partial charge in [0.25, 0.3) is 0 Å². The third-order valence-corrected chi connectivity index (χ3v) is 4.93. The van der Waals surface area contributed by atoms with Crippen LogP contribution >= 0.6 is 0 Å². The van der Waals surface area contributed by atoms with Crippen LogP contribution in [0.2, 0.25) is 0 Å². The Labute approximate surface area is 169 Å². The zero-order chi connectivity index (χ0) is 22.0. The summed E-state index contributed by atoms with van der Waals surface area (Å²) in [7, 11) is 1.51. The molecule has 1 fully saturated rings. The van der Waals surface area contributed by atoms with E-state index in [1.807, 2.05) is 27.7 Å². The predicted molar refractivity (Wildman–Crippen MR) is 109 cm³/mol. The summed E-state index contributed by atoms with van der Waals surface area (Å²) < 4.78 is 5.32. The van der Waals surface area contributed by atoms with E-state index in [-0.39, 0.29) is 18.0 Å². The maximum absolute atomic E-state index is 13.1. The average Bonchev–Trinajstić information content (AvgIpc) is 2.85. The lowest BCUT2D eigenvalue weighted by molar-refractivity contribution is -0.141. The van der Waals surface area contributed by atoms with Gasteiger partial charge in [-0.1, -0.05) is 20.8 Å². The molecule has 1 saturated heterocycles. The molecule has 0 bridgehead atoms. The Morgan fingerprint density at radius 3 is 2.11 bits per heavy atom. The van der Waals surface area contributed by atoms with Gasteiger partial charge in [0.15, 0.2) is 0 Å². The molecule has 4 atom stereocenters. The van der Waals surface area contributed by atoms with E-state index in [4.69, 9.17) is 10.5 Å². The maximum atomic E-state index is 13.1. The second kappa shape index (κ2) is 8.68. The Morgan fingerprint density at radius 1 is 1.18 bits per heavy atom. The van der Waals surface area contributed by atoms with Crippen LogP contribution in [0.5, 0.6) is 0 Å². The van der Waals surface area contributed by atoms with Crippen molar-refractivity contribution in [2.75, 3.05) is 13.6 Å². The molecule has 162 valence electrons. The van der Waals surface area contributed by atoms with E-state index in [1.165, 1.54) is 11.9 Å². The van der Waals surface area contributed by atoms with Crippen molar-refractivity contribution in [2.24, 2.45) is 11.1 Å². The zero-order valence-electron chi connectivity index (χ0n) is 18.8. The van der Waals surface area contributed by atoms with E-state index in [2.05, 4.69) is 5.32 Å². The van der Waals surface area contributed by atoms with Gasteiger partial charge in [0.05, 0.1) is 0 Å². The number of nitrogens with two attached hydrogens (primary N) is 1. The summed E-state index contributed by atoms with van der Waals surface area (Å²) in [4.78, 5) is 41.2. The summed E-state index contributed by atoms with van der Waals surface area (Å²) in [6, 6.07) is -1.52. The molecule has 28 heavy (non-hydrogen) atoms. The highest BCUT2D eigenvalue weighted by Crippen LogP contribution is 2.25. The fourth-order valence-corrected chi connectivity index (χ4v) is 3.12. The zero-order valence-corrected chi connectivity index (χ0v) is 18.8. The molecule has 1 heterocycles. The first kappa shape index (κ1) is 24.2. The Hall–Kier alpha value is -1.83. The molecule has 8 nitrogen and oxygen atoms in total. The van der Waals surface area contributed by atoms with Crippen molar-refractivity contribution in [3.05, 3.63) is 0 Å². The minimum Gasteiger partial charge on any atom is -0.444 e. The van der Waals surface area contributed by atoms with Crippen LogP contribution in [0.1, 0.15) is 61.8 Å². The monoisotopic (exact) mass is 398 g/mol. The summed E-state index contributed by atoms with van der Waals surface area (Å²) >= 11 is 0. The number of hydrogen-bond donors (Lipinski definition) is 2. The van der Waals surface area contributed by atoms with Crippen molar-refractivity contribution in [3.8, 4) is 0 Å². The summed E-state index contributed by atoms with van der Waals surface area (Å²) in [5, 5.41) is 2.85. The quantitative estimate of drug-likeness (QED) is 0.750. The summed E-state index contributed by atoms with van der Waals surface area (Å²) in [5.41, 5.74) is 4.84. The van der Waals surface area contributed by atoms with Gasteiger partial charge >= 0.3 is 6.09 Å². The first-order valence-corrected chi connectivity index (χ1v) is 9.87. The van der Waals surface area contributed by atoms with Crippen molar-refractivity contribution in [1.29, 1.82) is 0 Å². The standard InChI is InChI=1S/C20H38N4O4/c1-12-10-14(21)11-24(12)17(26)15(19(3,4)5)22-16(25)13(2)23(9)18(27)28-20(6,7)8/h12-15H,10-11,21H2,1-9H3,(H,22,25)/t12?,13-,14?,15+/m0/s1. The van der Waals surface area contributed by atoms with Crippen LogP contribution in [-0.2, 0) is 14.3 Å². The highest BCUT2D eigenvalue weighted by atomic mass is 16.6. The summed E-state index contributed by atoms with van der Waals surface area (Å²) in [5.74, 6) is -0.550. The van der Waals surface area contributed by atoms with Gasteiger partial charge in [0.2, 0.25) is 11.8 Å². The predicted octanol–water partition coefficient (Wildman–Crippen LogP) is 1.72. The maximum Gasteiger partial charge on any atom is 0.410 e. The molecule has 3 amide bonds. The van der Waals surface area contributed by atoms with E-state index in [1.54, 1.807) is 32.6 Å². The highest BCUT2D eigenvalue weighted by Gasteiger charge is 2.41. The van der Waals surface area contributed by atoms with Crippen LogP contribution in [0.3, 0.4) is 0 Å². The molecule has 0 aliphatic carbocycles. The van der Waals surface area contributed by atoms with Crippen LogP contribution in [0.4, 0.5) is 4.79 Å². The third kappa shape index (κ3) is 6.36. The molecule has 3 N–H and O–H groups in total. The van der Waals surface area contributed by atoms with Gasteiger partial charge in [-0.25, -0.2) is 4.79 Å². The molecular weight excluding hydrogens is 360 g/mol. The molecule has 0 spiro atoms. The first-order valence-electron chi connectivity index (χ1n) is 9.87. The molecule has 0 aromatic carbocycles. The van der Waals surface area contributed by atoms with Crippen molar-refractivity contribution in [1.82, 2.24) is 15.1 Å². The van der Waals surface area contributed by atoms with Gasteiger partial charge in [-0.2, -0.15) is 0 Å². The molecule has 1 aliphatic heterocycles. The molecule has 1 rings (SSSR count). The minimum absolute atomic E-state index is 0.0334. The lowest BCUT2D eigenvalue weighted by Gasteiger charge is -2.36. The lowest BCUT2D eigenvalue weighted by atomic mass is 9.85. The molecular formula is C20H38N4O4. The number of nitrogens with one attached hydrogen (secondary N) is 1. The molecule has 0 aromatic heterocycles. The Bertz CT molecular complexity index is 594. The Balaban J connectivity index is 2.90.